The fraction of sp³-hybridized carbons (Fsp3) is 0.500. The first-order valence-electron chi connectivity index (χ1n) is 5.68. The topological polar surface area (TPSA) is 78.4 Å². The Bertz CT molecular complexity index is 401. The summed E-state index contributed by atoms with van der Waals surface area (Å²) in [6, 6.07) is 1.68. The highest BCUT2D eigenvalue weighted by Gasteiger charge is 2.27. The minimum absolute atomic E-state index is 0.104. The van der Waals surface area contributed by atoms with Crippen molar-refractivity contribution in [3.63, 3.8) is 0 Å². The van der Waals surface area contributed by atoms with Gasteiger partial charge in [-0.25, -0.2) is 4.79 Å². The Morgan fingerprint density at radius 2 is 2.11 bits per heavy atom. The molecule has 0 aliphatic heterocycles. The van der Waals surface area contributed by atoms with E-state index in [0.717, 1.165) is 6.42 Å². The van der Waals surface area contributed by atoms with Gasteiger partial charge in [-0.3, -0.25) is 4.79 Å². The van der Waals surface area contributed by atoms with Crippen LogP contribution in [0.3, 0.4) is 0 Å². The number of amides is 2. The number of thiophene rings is 1. The lowest BCUT2D eigenvalue weighted by Crippen LogP contribution is -2.43. The van der Waals surface area contributed by atoms with Crippen molar-refractivity contribution in [3.8, 4) is 0 Å². The molecule has 0 spiro atoms. The lowest BCUT2D eigenvalue weighted by molar-refractivity contribution is -0.146. The number of urea groups is 1. The lowest BCUT2D eigenvalue weighted by Gasteiger charge is -2.19. The number of carbonyl (C=O) groups is 2. The molecule has 1 aromatic rings. The second kappa shape index (κ2) is 6.39. The zero-order valence-electron chi connectivity index (χ0n) is 10.5. The smallest absolute Gasteiger partial charge is 0.314 e. The molecule has 5 nitrogen and oxygen atoms in total. The molecule has 6 heteroatoms. The van der Waals surface area contributed by atoms with Crippen LogP contribution in [0.4, 0.5) is 4.79 Å². The summed E-state index contributed by atoms with van der Waals surface area (Å²) in [5.74, 6) is -0.930. The Balaban J connectivity index is 2.20. The molecule has 0 aliphatic rings. The van der Waals surface area contributed by atoms with E-state index in [1.807, 2.05) is 16.8 Å². The molecule has 18 heavy (non-hydrogen) atoms. The molecule has 0 bridgehead atoms. The molecule has 0 atom stereocenters. The number of hydrogen-bond donors (Lipinski definition) is 3. The number of nitrogens with one attached hydrogen (secondary N) is 2. The van der Waals surface area contributed by atoms with Crippen molar-refractivity contribution in [3.05, 3.63) is 22.4 Å². The van der Waals surface area contributed by atoms with Gasteiger partial charge >= 0.3 is 12.0 Å². The van der Waals surface area contributed by atoms with Gasteiger partial charge in [-0.15, -0.1) is 0 Å². The number of carboxylic acid groups (broad SMARTS) is 1. The number of carboxylic acids is 1. The first-order valence-corrected chi connectivity index (χ1v) is 6.62. The highest BCUT2D eigenvalue weighted by Crippen LogP contribution is 2.12. The molecule has 0 unspecified atom stereocenters. The second-order valence-electron chi connectivity index (χ2n) is 4.68. The van der Waals surface area contributed by atoms with Gasteiger partial charge in [0.2, 0.25) is 0 Å². The normalized spacial score (nSPS) is 11.0. The summed E-state index contributed by atoms with van der Waals surface area (Å²) in [5.41, 5.74) is 0.233. The average Bonchev–Trinajstić information content (AvgIpc) is 2.79. The minimum Gasteiger partial charge on any atom is -0.481 e. The van der Waals surface area contributed by atoms with Crippen LogP contribution in [-0.2, 0) is 11.2 Å². The average molecular weight is 270 g/mol. The van der Waals surface area contributed by atoms with Gasteiger partial charge in [0, 0.05) is 13.1 Å². The zero-order valence-corrected chi connectivity index (χ0v) is 11.3. The van der Waals surface area contributed by atoms with Crippen LogP contribution >= 0.6 is 11.3 Å². The van der Waals surface area contributed by atoms with Crippen LogP contribution in [0, 0.1) is 5.41 Å². The summed E-state index contributed by atoms with van der Waals surface area (Å²) < 4.78 is 0. The van der Waals surface area contributed by atoms with E-state index in [-0.39, 0.29) is 12.6 Å². The van der Waals surface area contributed by atoms with Crippen molar-refractivity contribution in [1.29, 1.82) is 0 Å². The number of aliphatic carboxylic acids is 1. The molecule has 0 aliphatic carbocycles. The summed E-state index contributed by atoms with van der Waals surface area (Å²) in [7, 11) is 0. The van der Waals surface area contributed by atoms with Gasteiger partial charge in [-0.1, -0.05) is 0 Å². The number of carbonyl (C=O) groups excluding carboxylic acids is 1. The summed E-state index contributed by atoms with van der Waals surface area (Å²) in [5, 5.41) is 18.2. The van der Waals surface area contributed by atoms with Crippen LogP contribution in [-0.4, -0.2) is 30.2 Å². The molecule has 0 aromatic carbocycles. The van der Waals surface area contributed by atoms with Gasteiger partial charge in [0.05, 0.1) is 5.41 Å². The minimum atomic E-state index is -0.954. The van der Waals surface area contributed by atoms with Gasteiger partial charge in [0.15, 0.2) is 0 Å². The monoisotopic (exact) mass is 270 g/mol. The van der Waals surface area contributed by atoms with E-state index in [1.54, 1.807) is 25.2 Å². The van der Waals surface area contributed by atoms with Crippen LogP contribution in [0.2, 0.25) is 0 Å². The second-order valence-corrected chi connectivity index (χ2v) is 5.46. The van der Waals surface area contributed by atoms with Gasteiger partial charge in [-0.05, 0) is 42.7 Å². The predicted octanol–water partition coefficient (Wildman–Crippen LogP) is 1.70. The quantitative estimate of drug-likeness (QED) is 0.736. The Kier molecular flexibility index (Phi) is 5.15. The Hall–Kier alpha value is -1.56. The van der Waals surface area contributed by atoms with E-state index in [4.69, 9.17) is 5.11 Å². The van der Waals surface area contributed by atoms with Crippen LogP contribution in [0.25, 0.3) is 0 Å². The Labute approximate surface area is 110 Å². The molecule has 0 fully saturated rings. The molecule has 1 aromatic heterocycles. The fourth-order valence-corrected chi connectivity index (χ4v) is 1.90. The third kappa shape index (κ3) is 4.75. The fourth-order valence-electron chi connectivity index (χ4n) is 1.19. The van der Waals surface area contributed by atoms with Gasteiger partial charge < -0.3 is 15.7 Å². The van der Waals surface area contributed by atoms with Gasteiger partial charge in [-0.2, -0.15) is 11.3 Å². The van der Waals surface area contributed by atoms with Crippen molar-refractivity contribution in [2.24, 2.45) is 5.41 Å². The van der Waals surface area contributed by atoms with Crippen molar-refractivity contribution in [1.82, 2.24) is 10.6 Å². The van der Waals surface area contributed by atoms with E-state index in [9.17, 15) is 9.59 Å². The summed E-state index contributed by atoms with van der Waals surface area (Å²) in [4.78, 5) is 22.3. The molecule has 3 N–H and O–H groups in total. The van der Waals surface area contributed by atoms with E-state index < -0.39 is 11.4 Å². The maximum absolute atomic E-state index is 11.4. The van der Waals surface area contributed by atoms with E-state index in [1.165, 1.54) is 5.56 Å². The summed E-state index contributed by atoms with van der Waals surface area (Å²) in [6.07, 6.45) is 0.777. The standard InChI is InChI=1S/C12H18N2O3S/c1-12(2,10(15)16)8-14-11(17)13-5-3-9-4-6-18-7-9/h4,6-7H,3,5,8H2,1-2H3,(H,15,16)(H2,13,14,17). The van der Waals surface area contributed by atoms with E-state index in [2.05, 4.69) is 10.6 Å². The third-order valence-corrected chi connectivity index (χ3v) is 3.28. The van der Waals surface area contributed by atoms with Crippen LogP contribution in [0.15, 0.2) is 16.8 Å². The molecular formula is C12H18N2O3S. The molecule has 1 rings (SSSR count). The molecule has 0 saturated carbocycles. The van der Waals surface area contributed by atoms with Crippen LogP contribution in [0.5, 0.6) is 0 Å². The zero-order chi connectivity index (χ0) is 13.6. The van der Waals surface area contributed by atoms with Crippen LogP contribution < -0.4 is 10.6 Å². The van der Waals surface area contributed by atoms with Crippen molar-refractivity contribution < 1.29 is 14.7 Å². The molecular weight excluding hydrogens is 252 g/mol. The largest absolute Gasteiger partial charge is 0.481 e. The van der Waals surface area contributed by atoms with E-state index >= 15 is 0 Å². The third-order valence-electron chi connectivity index (χ3n) is 2.55. The predicted molar refractivity (Wildman–Crippen MR) is 70.8 cm³/mol. The Morgan fingerprint density at radius 1 is 1.39 bits per heavy atom. The van der Waals surface area contributed by atoms with Gasteiger partial charge in [0.25, 0.3) is 0 Å². The summed E-state index contributed by atoms with van der Waals surface area (Å²) >= 11 is 1.62. The van der Waals surface area contributed by atoms with Crippen molar-refractivity contribution >= 4 is 23.3 Å². The number of hydrogen-bond acceptors (Lipinski definition) is 3. The SMILES string of the molecule is CC(C)(CNC(=O)NCCc1ccsc1)C(=O)O. The Morgan fingerprint density at radius 3 is 2.67 bits per heavy atom. The molecule has 0 radical (unpaired) electrons. The highest BCUT2D eigenvalue weighted by atomic mass is 32.1. The lowest BCUT2D eigenvalue weighted by atomic mass is 9.94. The molecule has 1 heterocycles. The first-order chi connectivity index (χ1) is 8.42. The van der Waals surface area contributed by atoms with Crippen LogP contribution in [0.1, 0.15) is 19.4 Å². The highest BCUT2D eigenvalue weighted by molar-refractivity contribution is 7.07. The van der Waals surface area contributed by atoms with Crippen molar-refractivity contribution in [2.75, 3.05) is 13.1 Å². The molecule has 100 valence electrons. The molecule has 2 amide bonds. The summed E-state index contributed by atoms with van der Waals surface area (Å²) in [6.45, 7) is 3.78. The molecule has 0 saturated heterocycles. The number of rotatable bonds is 6. The van der Waals surface area contributed by atoms with Gasteiger partial charge in [0.1, 0.15) is 0 Å². The van der Waals surface area contributed by atoms with Crippen molar-refractivity contribution in [2.45, 2.75) is 20.3 Å². The maximum atomic E-state index is 11.4. The maximum Gasteiger partial charge on any atom is 0.314 e. The first kappa shape index (κ1) is 14.5. The van der Waals surface area contributed by atoms with E-state index in [0.29, 0.717) is 6.54 Å².